The molecule has 0 heterocycles. The molecule has 0 aliphatic carbocycles. The number of aliphatic hydroxyl groups excluding tert-OH is 1. The molecule has 0 spiro atoms. The molecule has 0 unspecified atom stereocenters. The molecule has 184 valence electrons. The van der Waals surface area contributed by atoms with Gasteiger partial charge >= 0.3 is 11.9 Å². The van der Waals surface area contributed by atoms with Crippen molar-refractivity contribution in [1.82, 2.24) is 0 Å². The lowest BCUT2D eigenvalue weighted by Gasteiger charge is -2.12. The van der Waals surface area contributed by atoms with E-state index < -0.39 is 6.10 Å². The predicted octanol–water partition coefficient (Wildman–Crippen LogP) is 6.89. The highest BCUT2D eigenvalue weighted by Crippen LogP contribution is 2.12. The summed E-state index contributed by atoms with van der Waals surface area (Å²) in [6, 6.07) is 0. The van der Waals surface area contributed by atoms with Gasteiger partial charge in [0.25, 0.3) is 0 Å². The van der Waals surface area contributed by atoms with Crippen molar-refractivity contribution in [3.8, 4) is 0 Å². The van der Waals surface area contributed by atoms with Gasteiger partial charge in [-0.1, -0.05) is 110 Å². The minimum atomic E-state index is -0.949. The Morgan fingerprint density at radius 1 is 0.548 bits per heavy atom. The number of carbonyl (C=O) groups excluding carboxylic acids is 2. The molecule has 0 radical (unpaired) electrons. The van der Waals surface area contributed by atoms with Gasteiger partial charge in [0.05, 0.1) is 0 Å². The van der Waals surface area contributed by atoms with Gasteiger partial charge in [0.2, 0.25) is 0 Å². The summed E-state index contributed by atoms with van der Waals surface area (Å²) in [5, 5.41) is 9.81. The molecule has 0 aliphatic heterocycles. The van der Waals surface area contributed by atoms with Gasteiger partial charge in [-0.3, -0.25) is 9.59 Å². The quantitative estimate of drug-likeness (QED) is 0.138. The average molecular weight is 443 g/mol. The maximum absolute atomic E-state index is 11.8. The molecular formula is C26H50O5. The van der Waals surface area contributed by atoms with Crippen molar-refractivity contribution >= 4 is 11.9 Å². The Labute approximate surface area is 191 Å². The van der Waals surface area contributed by atoms with E-state index in [9.17, 15) is 14.7 Å². The summed E-state index contributed by atoms with van der Waals surface area (Å²) in [5.41, 5.74) is 0. The largest absolute Gasteiger partial charge is 0.463 e. The van der Waals surface area contributed by atoms with Crippen LogP contribution in [0.25, 0.3) is 0 Å². The Morgan fingerprint density at radius 2 is 0.839 bits per heavy atom. The Kier molecular flexibility index (Phi) is 22.7. The minimum absolute atomic E-state index is 0.110. The topological polar surface area (TPSA) is 72.8 Å². The van der Waals surface area contributed by atoms with E-state index in [4.69, 9.17) is 9.47 Å². The second-order valence-electron chi connectivity index (χ2n) is 8.82. The molecule has 31 heavy (non-hydrogen) atoms. The van der Waals surface area contributed by atoms with Crippen LogP contribution in [0.15, 0.2) is 0 Å². The van der Waals surface area contributed by atoms with Crippen molar-refractivity contribution < 1.29 is 24.2 Å². The molecule has 0 aromatic heterocycles. The number of hydrogen-bond acceptors (Lipinski definition) is 5. The van der Waals surface area contributed by atoms with Crippen molar-refractivity contribution in [2.45, 2.75) is 142 Å². The van der Waals surface area contributed by atoms with E-state index in [1.807, 2.05) is 0 Å². The highest BCUT2D eigenvalue weighted by Gasteiger charge is 2.12. The Bertz CT molecular complexity index is 411. The molecule has 1 atom stereocenters. The van der Waals surface area contributed by atoms with E-state index in [1.165, 1.54) is 77.0 Å². The second-order valence-corrected chi connectivity index (χ2v) is 8.82. The second kappa shape index (κ2) is 23.6. The number of hydrogen-bond donors (Lipinski definition) is 1. The third kappa shape index (κ3) is 23.4. The molecule has 0 saturated heterocycles. The Hall–Kier alpha value is -1.10. The van der Waals surface area contributed by atoms with Crippen molar-refractivity contribution in [1.29, 1.82) is 0 Å². The van der Waals surface area contributed by atoms with E-state index in [0.717, 1.165) is 32.1 Å². The smallest absolute Gasteiger partial charge is 0.305 e. The van der Waals surface area contributed by atoms with Gasteiger partial charge < -0.3 is 14.6 Å². The third-order valence-corrected chi connectivity index (χ3v) is 5.59. The van der Waals surface area contributed by atoms with E-state index in [1.54, 1.807) is 0 Å². The first-order chi connectivity index (χ1) is 15.1. The van der Waals surface area contributed by atoms with Crippen molar-refractivity contribution in [2.75, 3.05) is 13.2 Å². The molecule has 1 N–H and O–H groups in total. The molecule has 5 heteroatoms. The zero-order valence-corrected chi connectivity index (χ0v) is 20.5. The van der Waals surface area contributed by atoms with Crippen LogP contribution in [0, 0.1) is 0 Å². The van der Waals surface area contributed by atoms with Gasteiger partial charge in [-0.05, 0) is 12.8 Å². The van der Waals surface area contributed by atoms with Crippen LogP contribution in [-0.4, -0.2) is 36.4 Å². The van der Waals surface area contributed by atoms with Crippen LogP contribution in [0.5, 0.6) is 0 Å². The van der Waals surface area contributed by atoms with E-state index in [-0.39, 0.29) is 25.2 Å². The fourth-order valence-corrected chi connectivity index (χ4v) is 3.55. The molecule has 0 aliphatic rings. The highest BCUT2D eigenvalue weighted by molar-refractivity contribution is 5.69. The van der Waals surface area contributed by atoms with Crippen molar-refractivity contribution in [3.63, 3.8) is 0 Å². The first kappa shape index (κ1) is 29.9. The van der Waals surface area contributed by atoms with Crippen LogP contribution in [0.2, 0.25) is 0 Å². The number of carbonyl (C=O) groups is 2. The summed E-state index contributed by atoms with van der Waals surface area (Å²) < 4.78 is 10.1. The molecule has 0 saturated carbocycles. The number of ether oxygens (including phenoxy) is 2. The molecule has 0 rings (SSSR count). The van der Waals surface area contributed by atoms with Gasteiger partial charge in [0.1, 0.15) is 19.3 Å². The average Bonchev–Trinajstić information content (AvgIpc) is 2.76. The lowest BCUT2D eigenvalue weighted by atomic mass is 10.0. The van der Waals surface area contributed by atoms with Crippen LogP contribution in [0.1, 0.15) is 136 Å². The molecule has 0 aromatic carbocycles. The lowest BCUT2D eigenvalue weighted by molar-refractivity contribution is -0.152. The summed E-state index contributed by atoms with van der Waals surface area (Å²) in [6.45, 7) is 4.18. The standard InChI is InChI=1S/C26H50O5/c1-3-5-7-9-10-11-12-13-14-15-17-19-21-26(29)31-23-24(27)22-30-25(28)20-18-16-8-6-4-2/h24,27H,3-23H2,1-2H3/t24-/m1/s1. The third-order valence-electron chi connectivity index (χ3n) is 5.59. The molecule has 0 fully saturated rings. The fraction of sp³-hybridized carbons (Fsp3) is 0.923. The molecule has 0 bridgehead atoms. The maximum Gasteiger partial charge on any atom is 0.305 e. The van der Waals surface area contributed by atoms with Crippen LogP contribution in [0.4, 0.5) is 0 Å². The SMILES string of the molecule is CCCCCCCCCCCCCCC(=O)OC[C@H](O)COC(=O)CCCCCCC. The maximum atomic E-state index is 11.8. The highest BCUT2D eigenvalue weighted by atomic mass is 16.6. The normalized spacial score (nSPS) is 12.0. The van der Waals surface area contributed by atoms with Crippen molar-refractivity contribution in [2.24, 2.45) is 0 Å². The monoisotopic (exact) mass is 442 g/mol. The van der Waals surface area contributed by atoms with Gasteiger partial charge in [0, 0.05) is 12.8 Å². The minimum Gasteiger partial charge on any atom is -0.463 e. The Balaban J connectivity index is 3.41. The van der Waals surface area contributed by atoms with Crippen LogP contribution in [0.3, 0.4) is 0 Å². The van der Waals surface area contributed by atoms with Crippen LogP contribution < -0.4 is 0 Å². The molecule has 0 aromatic rings. The van der Waals surface area contributed by atoms with Crippen LogP contribution in [-0.2, 0) is 19.1 Å². The predicted molar refractivity (Wildman–Crippen MR) is 127 cm³/mol. The molecule has 5 nitrogen and oxygen atoms in total. The molecule has 0 amide bonds. The summed E-state index contributed by atoms with van der Waals surface area (Å²) in [7, 11) is 0. The zero-order chi connectivity index (χ0) is 23.0. The van der Waals surface area contributed by atoms with E-state index in [2.05, 4.69) is 13.8 Å². The summed E-state index contributed by atoms with van der Waals surface area (Å²) in [4.78, 5) is 23.4. The van der Waals surface area contributed by atoms with Crippen LogP contribution >= 0.6 is 0 Å². The van der Waals surface area contributed by atoms with Gasteiger partial charge in [-0.2, -0.15) is 0 Å². The van der Waals surface area contributed by atoms with Gasteiger partial charge in [-0.25, -0.2) is 0 Å². The van der Waals surface area contributed by atoms with E-state index in [0.29, 0.717) is 12.8 Å². The fourth-order valence-electron chi connectivity index (χ4n) is 3.55. The van der Waals surface area contributed by atoms with E-state index >= 15 is 0 Å². The first-order valence-electron chi connectivity index (χ1n) is 13.1. The number of esters is 2. The zero-order valence-electron chi connectivity index (χ0n) is 20.5. The summed E-state index contributed by atoms with van der Waals surface area (Å²) in [6.07, 6.45) is 20.3. The van der Waals surface area contributed by atoms with Gasteiger partial charge in [0.15, 0.2) is 0 Å². The number of aliphatic hydroxyl groups is 1. The summed E-state index contributed by atoms with van der Waals surface area (Å²) >= 11 is 0. The lowest BCUT2D eigenvalue weighted by Crippen LogP contribution is -2.25. The van der Waals surface area contributed by atoms with Gasteiger partial charge in [-0.15, -0.1) is 0 Å². The first-order valence-corrected chi connectivity index (χ1v) is 13.1. The number of rotatable bonds is 23. The van der Waals surface area contributed by atoms with Crippen molar-refractivity contribution in [3.05, 3.63) is 0 Å². The Morgan fingerprint density at radius 3 is 1.16 bits per heavy atom. The summed E-state index contributed by atoms with van der Waals surface area (Å²) in [5.74, 6) is -0.577. The number of unbranched alkanes of at least 4 members (excludes halogenated alkanes) is 15. The molecular weight excluding hydrogens is 392 g/mol.